The highest BCUT2D eigenvalue weighted by Gasteiger charge is 2.27. The van der Waals surface area contributed by atoms with Gasteiger partial charge >= 0.3 is 19.8 Å². The number of nitrogens with two attached hydrogens (primary N) is 1. The van der Waals surface area contributed by atoms with Crippen molar-refractivity contribution in [2.45, 2.75) is 193 Å². The van der Waals surface area contributed by atoms with E-state index in [1.165, 1.54) is 116 Å². The zero-order chi connectivity index (χ0) is 36.3. The third-order valence-corrected chi connectivity index (χ3v) is 9.50. The predicted octanol–water partition coefficient (Wildman–Crippen LogP) is 10.2. The molecule has 0 radical (unpaired) electrons. The van der Waals surface area contributed by atoms with Crippen molar-refractivity contribution in [1.82, 2.24) is 0 Å². The average Bonchev–Trinajstić information content (AvgIpc) is 3.07. The number of hydrogen-bond donors (Lipinski definition) is 3. The lowest BCUT2D eigenvalue weighted by Crippen LogP contribution is -2.34. The second kappa shape index (κ2) is 35.1. The first-order chi connectivity index (χ1) is 23.7. The molecule has 0 amide bonds. The van der Waals surface area contributed by atoms with E-state index in [2.05, 4.69) is 26.0 Å². The topological polar surface area (TPSA) is 155 Å². The Morgan fingerprint density at radius 3 is 1.61 bits per heavy atom. The van der Waals surface area contributed by atoms with E-state index in [1.807, 2.05) is 0 Å². The van der Waals surface area contributed by atoms with Gasteiger partial charge in [-0.3, -0.25) is 18.6 Å². The zero-order valence-corrected chi connectivity index (χ0v) is 32.2. The molecule has 0 rings (SSSR count). The Kier molecular flexibility index (Phi) is 34.2. The van der Waals surface area contributed by atoms with E-state index < -0.39 is 45.1 Å². The average molecular weight is 720 g/mol. The Hall–Kier alpha value is -1.29. The fraction of sp³-hybridized carbons (Fsp3) is 0.895. The third-order valence-electron chi connectivity index (χ3n) is 8.54. The first-order valence-electron chi connectivity index (χ1n) is 19.7. The summed E-state index contributed by atoms with van der Waals surface area (Å²) in [6, 6.07) is -1.47. The van der Waals surface area contributed by atoms with Crippen LogP contribution < -0.4 is 5.73 Å². The molecular formula is C38H74NO9P. The van der Waals surface area contributed by atoms with Gasteiger partial charge in [0.05, 0.1) is 19.8 Å². The molecule has 0 aromatic heterocycles. The number of phosphoric ester groups is 1. The molecule has 49 heavy (non-hydrogen) atoms. The third kappa shape index (κ3) is 34.9. The highest BCUT2D eigenvalue weighted by atomic mass is 31.2. The van der Waals surface area contributed by atoms with Crippen molar-refractivity contribution in [3.8, 4) is 0 Å². The molecule has 290 valence electrons. The van der Waals surface area contributed by atoms with E-state index in [1.54, 1.807) is 0 Å². The lowest BCUT2D eigenvalue weighted by Gasteiger charge is -2.20. The smallest absolute Gasteiger partial charge is 0.472 e. The quantitative estimate of drug-likeness (QED) is 0.0243. The van der Waals surface area contributed by atoms with Crippen molar-refractivity contribution in [2.24, 2.45) is 5.73 Å². The first-order valence-corrected chi connectivity index (χ1v) is 21.2. The van der Waals surface area contributed by atoms with Crippen molar-refractivity contribution in [3.63, 3.8) is 0 Å². The monoisotopic (exact) mass is 720 g/mol. The Morgan fingerprint density at radius 1 is 0.633 bits per heavy atom. The molecular weight excluding hydrogens is 645 g/mol. The fourth-order valence-corrected chi connectivity index (χ4v) is 6.19. The summed E-state index contributed by atoms with van der Waals surface area (Å²) in [6.07, 6.45) is 34.0. The Bertz CT molecular complexity index is 842. The van der Waals surface area contributed by atoms with Crippen molar-refractivity contribution in [3.05, 3.63) is 12.2 Å². The molecule has 0 bridgehead atoms. The first kappa shape index (κ1) is 47.7. The van der Waals surface area contributed by atoms with Gasteiger partial charge in [-0.05, 0) is 32.1 Å². The second-order valence-corrected chi connectivity index (χ2v) is 14.9. The number of carboxylic acid groups (broad SMARTS) is 1. The maximum absolute atomic E-state index is 12.6. The number of esters is 1. The van der Waals surface area contributed by atoms with Gasteiger partial charge in [0.2, 0.25) is 0 Å². The largest absolute Gasteiger partial charge is 0.480 e. The van der Waals surface area contributed by atoms with Gasteiger partial charge in [0, 0.05) is 13.0 Å². The summed E-state index contributed by atoms with van der Waals surface area (Å²) >= 11 is 0. The number of aliphatic carboxylic acids is 1. The van der Waals surface area contributed by atoms with Crippen molar-refractivity contribution in [2.75, 3.05) is 26.4 Å². The number of rotatable bonds is 38. The van der Waals surface area contributed by atoms with Crippen LogP contribution in [0.25, 0.3) is 0 Å². The van der Waals surface area contributed by atoms with Crippen LogP contribution in [0.2, 0.25) is 0 Å². The summed E-state index contributed by atoms with van der Waals surface area (Å²) in [5.74, 6) is -1.78. The van der Waals surface area contributed by atoms with Gasteiger partial charge in [0.15, 0.2) is 0 Å². The van der Waals surface area contributed by atoms with Crippen LogP contribution in [0.4, 0.5) is 0 Å². The molecule has 0 heterocycles. The van der Waals surface area contributed by atoms with Gasteiger partial charge in [-0.2, -0.15) is 0 Å². The molecule has 0 aliphatic heterocycles. The van der Waals surface area contributed by atoms with Crippen molar-refractivity contribution >= 4 is 19.8 Å². The number of carbonyl (C=O) groups excluding carboxylic acids is 1. The number of hydrogen-bond acceptors (Lipinski definition) is 8. The normalized spacial score (nSPS) is 14.2. The predicted molar refractivity (Wildman–Crippen MR) is 199 cm³/mol. The Labute approximate surface area is 299 Å². The molecule has 11 heteroatoms. The van der Waals surface area contributed by atoms with Crippen molar-refractivity contribution < 1.29 is 42.7 Å². The summed E-state index contributed by atoms with van der Waals surface area (Å²) in [6.45, 7) is 3.84. The highest BCUT2D eigenvalue weighted by molar-refractivity contribution is 7.47. The van der Waals surface area contributed by atoms with Crippen LogP contribution in [0, 0.1) is 0 Å². The standard InChI is InChI=1S/C38H74NO9P/c1-3-5-7-9-11-13-15-17-18-19-20-22-24-26-28-30-37(40)48-35(33-46-49(43,44)47-34-36(39)38(41)42)32-45-31-29-27-25-23-21-16-14-12-10-8-6-4-2/h10,12,35-36H,3-9,11,13-34,39H2,1-2H3,(H,41,42)(H,43,44)/b12-10-. The molecule has 0 aliphatic carbocycles. The lowest BCUT2D eigenvalue weighted by molar-refractivity contribution is -0.154. The molecule has 0 aromatic rings. The number of carboxylic acids is 1. The number of carbonyl (C=O) groups is 2. The molecule has 3 atom stereocenters. The summed E-state index contributed by atoms with van der Waals surface area (Å²) in [5, 5.41) is 8.86. The van der Waals surface area contributed by atoms with Crippen molar-refractivity contribution in [1.29, 1.82) is 0 Å². The Balaban J connectivity index is 4.26. The highest BCUT2D eigenvalue weighted by Crippen LogP contribution is 2.43. The number of allylic oxidation sites excluding steroid dienone is 2. The van der Waals surface area contributed by atoms with Gasteiger partial charge < -0.3 is 25.2 Å². The van der Waals surface area contributed by atoms with E-state index in [0.717, 1.165) is 44.9 Å². The molecule has 0 saturated heterocycles. The number of phosphoric acid groups is 1. The molecule has 0 fully saturated rings. The summed E-state index contributed by atoms with van der Waals surface area (Å²) in [4.78, 5) is 33.4. The Morgan fingerprint density at radius 2 is 1.08 bits per heavy atom. The zero-order valence-electron chi connectivity index (χ0n) is 31.3. The number of unbranched alkanes of at least 4 members (excludes halogenated alkanes) is 22. The van der Waals surface area contributed by atoms with Crippen LogP contribution >= 0.6 is 7.82 Å². The maximum Gasteiger partial charge on any atom is 0.472 e. The van der Waals surface area contributed by atoms with Crippen LogP contribution in [-0.2, 0) is 32.7 Å². The van der Waals surface area contributed by atoms with Crippen LogP contribution in [0.3, 0.4) is 0 Å². The van der Waals surface area contributed by atoms with Gasteiger partial charge in [-0.25, -0.2) is 4.57 Å². The summed E-state index contributed by atoms with van der Waals surface area (Å²) in [7, 11) is -4.60. The van der Waals surface area contributed by atoms with Gasteiger partial charge in [-0.15, -0.1) is 0 Å². The molecule has 4 N–H and O–H groups in total. The summed E-state index contributed by atoms with van der Waals surface area (Å²) < 4.78 is 33.2. The van der Waals surface area contributed by atoms with E-state index in [9.17, 15) is 19.0 Å². The fourth-order valence-electron chi connectivity index (χ4n) is 5.41. The molecule has 3 unspecified atom stereocenters. The van der Waals surface area contributed by atoms with Gasteiger partial charge in [-0.1, -0.05) is 154 Å². The SMILES string of the molecule is CCCC/C=C\CCCCCCCCOCC(COP(=O)(O)OCC(N)C(=O)O)OC(=O)CCCCCCCCCCCCCCCCC. The molecule has 0 aliphatic rings. The van der Waals surface area contributed by atoms with Crippen LogP contribution in [0.5, 0.6) is 0 Å². The second-order valence-electron chi connectivity index (χ2n) is 13.4. The van der Waals surface area contributed by atoms with Crippen LogP contribution in [0.1, 0.15) is 181 Å². The van der Waals surface area contributed by atoms with Gasteiger partial charge in [0.1, 0.15) is 12.1 Å². The molecule has 0 aromatic carbocycles. The van der Waals surface area contributed by atoms with Crippen LogP contribution in [0.15, 0.2) is 12.2 Å². The van der Waals surface area contributed by atoms with Gasteiger partial charge in [0.25, 0.3) is 0 Å². The minimum atomic E-state index is -4.60. The van der Waals surface area contributed by atoms with E-state index >= 15 is 0 Å². The van der Waals surface area contributed by atoms with E-state index in [0.29, 0.717) is 6.61 Å². The lowest BCUT2D eigenvalue weighted by atomic mass is 10.0. The molecule has 0 spiro atoms. The summed E-state index contributed by atoms with van der Waals surface area (Å²) in [5.41, 5.74) is 5.34. The van der Waals surface area contributed by atoms with E-state index in [-0.39, 0.29) is 13.0 Å². The minimum absolute atomic E-state index is 0.0175. The minimum Gasteiger partial charge on any atom is -0.480 e. The van der Waals surface area contributed by atoms with E-state index in [4.69, 9.17) is 29.4 Å². The molecule has 0 saturated carbocycles. The van der Waals surface area contributed by atoms with Crippen LogP contribution in [-0.4, -0.2) is 60.5 Å². The maximum atomic E-state index is 12.6. The molecule has 10 nitrogen and oxygen atoms in total. The number of ether oxygens (including phenoxy) is 2.